The average Bonchev–Trinajstić information content (AvgIpc) is 3.48. The van der Waals surface area contributed by atoms with Gasteiger partial charge in [0.1, 0.15) is 0 Å². The zero-order valence-corrected chi connectivity index (χ0v) is 19.2. The van der Waals surface area contributed by atoms with Crippen LogP contribution in [0.1, 0.15) is 29.9 Å². The fourth-order valence-corrected chi connectivity index (χ4v) is 4.64. The van der Waals surface area contributed by atoms with Crippen molar-refractivity contribution in [3.05, 3.63) is 109 Å². The molecular formula is C26H24N6OS. The molecule has 3 aromatic heterocycles. The molecule has 1 aromatic carbocycles. The minimum atomic E-state index is -0.152. The van der Waals surface area contributed by atoms with Gasteiger partial charge >= 0.3 is 0 Å². The maximum absolute atomic E-state index is 12.7. The molecule has 8 heteroatoms. The maximum atomic E-state index is 12.7. The van der Waals surface area contributed by atoms with Crippen molar-refractivity contribution in [2.75, 3.05) is 11.9 Å². The molecule has 170 valence electrons. The lowest BCUT2D eigenvalue weighted by Crippen LogP contribution is -2.33. The molecule has 1 amide bonds. The fourth-order valence-electron chi connectivity index (χ4n) is 4.31. The first-order valence-corrected chi connectivity index (χ1v) is 11.5. The molecule has 34 heavy (non-hydrogen) atoms. The first kappa shape index (κ1) is 21.8. The SMILES string of the molecule is O=C(CCN1C(=S)N[C@H](c2ccccn2)[C@H]1c1cccn1-c1ccncc1)Nc1ccccc1. The minimum Gasteiger partial charge on any atom is -0.352 e. The van der Waals surface area contributed by atoms with Crippen LogP contribution in [0, 0.1) is 0 Å². The van der Waals surface area contributed by atoms with E-state index in [-0.39, 0.29) is 18.0 Å². The van der Waals surface area contributed by atoms with Gasteiger partial charge < -0.3 is 20.1 Å². The number of carbonyl (C=O) groups excluding carboxylic acids is 1. The molecule has 1 saturated heterocycles. The number of amides is 1. The van der Waals surface area contributed by atoms with Crippen LogP contribution in [0.2, 0.25) is 0 Å². The van der Waals surface area contributed by atoms with Gasteiger partial charge in [-0.25, -0.2) is 0 Å². The number of hydrogen-bond donors (Lipinski definition) is 2. The second-order valence-electron chi connectivity index (χ2n) is 7.99. The van der Waals surface area contributed by atoms with Crippen molar-refractivity contribution in [2.24, 2.45) is 0 Å². The summed E-state index contributed by atoms with van der Waals surface area (Å²) in [6.07, 6.45) is 7.67. The highest BCUT2D eigenvalue weighted by Crippen LogP contribution is 2.39. The number of nitrogens with zero attached hydrogens (tertiary/aromatic N) is 4. The molecule has 1 fully saturated rings. The van der Waals surface area contributed by atoms with Crippen LogP contribution in [0.4, 0.5) is 5.69 Å². The van der Waals surface area contributed by atoms with Crippen LogP contribution in [0.15, 0.2) is 97.6 Å². The Morgan fingerprint density at radius 2 is 1.76 bits per heavy atom. The Hall–Kier alpha value is -4.04. The van der Waals surface area contributed by atoms with Crippen LogP contribution >= 0.6 is 12.2 Å². The van der Waals surface area contributed by atoms with E-state index in [0.717, 1.165) is 22.8 Å². The fraction of sp³-hybridized carbons (Fsp3) is 0.154. The summed E-state index contributed by atoms with van der Waals surface area (Å²) in [5.41, 5.74) is 3.74. The summed E-state index contributed by atoms with van der Waals surface area (Å²) in [7, 11) is 0. The van der Waals surface area contributed by atoms with E-state index in [1.54, 1.807) is 18.6 Å². The molecule has 4 aromatic rings. The smallest absolute Gasteiger partial charge is 0.226 e. The summed E-state index contributed by atoms with van der Waals surface area (Å²) in [4.78, 5) is 23.5. The molecule has 5 rings (SSSR count). The van der Waals surface area contributed by atoms with Gasteiger partial charge in [-0.3, -0.25) is 14.8 Å². The minimum absolute atomic E-state index is 0.0569. The van der Waals surface area contributed by atoms with Crippen molar-refractivity contribution in [1.29, 1.82) is 0 Å². The standard InChI is InChI=1S/C26H24N6OS/c33-23(29-19-7-2-1-3-8-19)13-18-32-25(24(30-26(32)34)21-9-4-5-14-28-21)22-10-6-17-31(22)20-11-15-27-16-12-20/h1-12,14-17,24-25H,13,18H2,(H,29,33)(H,30,34)/t24-,25-/m1/s1. The van der Waals surface area contributed by atoms with Crippen LogP contribution in [-0.2, 0) is 4.79 Å². The van der Waals surface area contributed by atoms with Gasteiger partial charge in [-0.15, -0.1) is 0 Å². The molecular weight excluding hydrogens is 444 g/mol. The Labute approximate surface area is 203 Å². The second-order valence-corrected chi connectivity index (χ2v) is 8.38. The van der Waals surface area contributed by atoms with Gasteiger partial charge in [-0.2, -0.15) is 0 Å². The van der Waals surface area contributed by atoms with Gasteiger partial charge in [0.15, 0.2) is 5.11 Å². The van der Waals surface area contributed by atoms with E-state index in [0.29, 0.717) is 18.1 Å². The van der Waals surface area contributed by atoms with E-state index in [9.17, 15) is 4.79 Å². The topological polar surface area (TPSA) is 75.1 Å². The number of rotatable bonds is 7. The molecule has 0 bridgehead atoms. The number of carbonyl (C=O) groups is 1. The third-order valence-electron chi connectivity index (χ3n) is 5.86. The van der Waals surface area contributed by atoms with E-state index in [1.807, 2.05) is 72.9 Å². The number of benzene rings is 1. The number of pyridine rings is 2. The van der Waals surface area contributed by atoms with Gasteiger partial charge in [0, 0.05) is 54.8 Å². The van der Waals surface area contributed by atoms with E-state index >= 15 is 0 Å². The van der Waals surface area contributed by atoms with Crippen molar-refractivity contribution in [3.63, 3.8) is 0 Å². The lowest BCUT2D eigenvalue weighted by Gasteiger charge is -2.28. The van der Waals surface area contributed by atoms with Gasteiger partial charge in [-0.05, 0) is 60.7 Å². The number of para-hydroxylation sites is 1. The largest absolute Gasteiger partial charge is 0.352 e. The van der Waals surface area contributed by atoms with E-state index in [1.165, 1.54) is 0 Å². The van der Waals surface area contributed by atoms with Crippen LogP contribution in [0.25, 0.3) is 5.69 Å². The van der Waals surface area contributed by atoms with E-state index in [2.05, 4.69) is 36.1 Å². The molecule has 0 spiro atoms. The lowest BCUT2D eigenvalue weighted by atomic mass is 10.0. The highest BCUT2D eigenvalue weighted by Gasteiger charge is 2.41. The lowest BCUT2D eigenvalue weighted by molar-refractivity contribution is -0.116. The summed E-state index contributed by atoms with van der Waals surface area (Å²) in [5, 5.41) is 7.01. The molecule has 1 aliphatic heterocycles. The predicted octanol–water partition coefficient (Wildman–Crippen LogP) is 4.27. The van der Waals surface area contributed by atoms with E-state index in [4.69, 9.17) is 12.2 Å². The Balaban J connectivity index is 1.44. The summed E-state index contributed by atoms with van der Waals surface area (Å²) >= 11 is 5.75. The van der Waals surface area contributed by atoms with Gasteiger partial charge in [0.05, 0.1) is 17.8 Å². The Bertz CT molecular complexity index is 1260. The number of nitrogens with one attached hydrogen (secondary N) is 2. The van der Waals surface area contributed by atoms with Gasteiger partial charge in [-0.1, -0.05) is 24.3 Å². The van der Waals surface area contributed by atoms with Crippen molar-refractivity contribution in [2.45, 2.75) is 18.5 Å². The molecule has 7 nitrogen and oxygen atoms in total. The van der Waals surface area contributed by atoms with Crippen LogP contribution in [0.3, 0.4) is 0 Å². The number of anilines is 1. The van der Waals surface area contributed by atoms with Crippen LogP contribution < -0.4 is 10.6 Å². The molecule has 0 radical (unpaired) electrons. The number of aromatic nitrogens is 3. The number of thiocarbonyl (C=S) groups is 1. The monoisotopic (exact) mass is 468 g/mol. The van der Waals surface area contributed by atoms with Crippen LogP contribution in [0.5, 0.6) is 0 Å². The van der Waals surface area contributed by atoms with E-state index < -0.39 is 0 Å². The van der Waals surface area contributed by atoms with Crippen molar-refractivity contribution < 1.29 is 4.79 Å². The van der Waals surface area contributed by atoms with Crippen LogP contribution in [-0.4, -0.2) is 37.0 Å². The average molecular weight is 469 g/mol. The molecule has 0 aliphatic carbocycles. The third kappa shape index (κ3) is 4.53. The van der Waals surface area contributed by atoms with Gasteiger partial charge in [0.25, 0.3) is 0 Å². The normalized spacial score (nSPS) is 17.4. The molecule has 1 aliphatic rings. The predicted molar refractivity (Wildman–Crippen MR) is 135 cm³/mol. The summed E-state index contributed by atoms with van der Waals surface area (Å²) in [6.45, 7) is 0.472. The Kier molecular flexibility index (Phi) is 6.31. The Morgan fingerprint density at radius 1 is 0.971 bits per heavy atom. The first-order valence-electron chi connectivity index (χ1n) is 11.1. The highest BCUT2D eigenvalue weighted by atomic mass is 32.1. The molecule has 0 saturated carbocycles. The zero-order chi connectivity index (χ0) is 23.3. The number of hydrogen-bond acceptors (Lipinski definition) is 4. The summed E-state index contributed by atoms with van der Waals surface area (Å²) in [6, 6.07) is 23.1. The maximum Gasteiger partial charge on any atom is 0.226 e. The van der Waals surface area contributed by atoms with Crippen molar-refractivity contribution in [1.82, 2.24) is 24.8 Å². The second kappa shape index (κ2) is 9.84. The molecule has 2 N–H and O–H groups in total. The summed E-state index contributed by atoms with van der Waals surface area (Å²) in [5.74, 6) is -0.0569. The molecule has 0 unspecified atom stereocenters. The first-order chi connectivity index (χ1) is 16.7. The quantitative estimate of drug-likeness (QED) is 0.395. The van der Waals surface area contributed by atoms with Crippen molar-refractivity contribution >= 4 is 28.9 Å². The van der Waals surface area contributed by atoms with Crippen molar-refractivity contribution in [3.8, 4) is 5.69 Å². The molecule has 2 atom stereocenters. The Morgan fingerprint density at radius 3 is 2.53 bits per heavy atom. The zero-order valence-electron chi connectivity index (χ0n) is 18.4. The van der Waals surface area contributed by atoms with Gasteiger partial charge in [0.2, 0.25) is 5.91 Å². The molecule has 4 heterocycles. The summed E-state index contributed by atoms with van der Waals surface area (Å²) < 4.78 is 2.13. The third-order valence-corrected chi connectivity index (χ3v) is 6.21. The highest BCUT2D eigenvalue weighted by molar-refractivity contribution is 7.80.